The molecule has 0 saturated heterocycles. The van der Waals surface area contributed by atoms with Crippen LogP contribution in [0, 0.1) is 6.92 Å². The van der Waals surface area contributed by atoms with Crippen LogP contribution in [0.1, 0.15) is 21.7 Å². The Morgan fingerprint density at radius 3 is 2.82 bits per heavy atom. The number of rotatable bonds is 7. The Hall–Kier alpha value is -2.97. The number of thiazole rings is 1. The van der Waals surface area contributed by atoms with Crippen molar-refractivity contribution in [1.82, 2.24) is 20.6 Å². The molecule has 2 aromatic heterocycles. The van der Waals surface area contributed by atoms with Crippen LogP contribution < -0.4 is 16.0 Å². The number of aromatic nitrogens is 2. The standard InChI is InChI=1S/C19H18ClN5O2S/c1-12-5-6-13(20)8-15(12)24-19-25-16(11-28-19)18(27)23-10-17(26)22-9-14-4-2-3-7-21-14/h2-8,11H,9-10H2,1H3,(H,22,26)(H,23,27)(H,24,25). The molecule has 144 valence electrons. The van der Waals surface area contributed by atoms with Gasteiger partial charge in [0.25, 0.3) is 5.91 Å². The van der Waals surface area contributed by atoms with Crippen molar-refractivity contribution in [2.45, 2.75) is 13.5 Å². The number of anilines is 2. The van der Waals surface area contributed by atoms with E-state index in [0.717, 1.165) is 16.9 Å². The highest BCUT2D eigenvalue weighted by atomic mass is 35.5. The lowest BCUT2D eigenvalue weighted by Gasteiger charge is -2.07. The molecule has 0 saturated carbocycles. The van der Waals surface area contributed by atoms with Crippen LogP contribution in [-0.4, -0.2) is 28.3 Å². The van der Waals surface area contributed by atoms with Crippen LogP contribution in [0.4, 0.5) is 10.8 Å². The number of carbonyl (C=O) groups excluding carboxylic acids is 2. The molecule has 1 aromatic carbocycles. The van der Waals surface area contributed by atoms with Crippen molar-refractivity contribution in [1.29, 1.82) is 0 Å². The van der Waals surface area contributed by atoms with E-state index < -0.39 is 5.91 Å². The van der Waals surface area contributed by atoms with Gasteiger partial charge in [0.2, 0.25) is 5.91 Å². The highest BCUT2D eigenvalue weighted by molar-refractivity contribution is 7.14. The summed E-state index contributed by atoms with van der Waals surface area (Å²) in [7, 11) is 0. The van der Waals surface area contributed by atoms with Gasteiger partial charge in [-0.15, -0.1) is 11.3 Å². The monoisotopic (exact) mass is 415 g/mol. The summed E-state index contributed by atoms with van der Waals surface area (Å²) < 4.78 is 0. The maximum absolute atomic E-state index is 12.2. The van der Waals surface area contributed by atoms with Crippen LogP contribution in [0.25, 0.3) is 0 Å². The number of hydrogen-bond donors (Lipinski definition) is 3. The van der Waals surface area contributed by atoms with Crippen molar-refractivity contribution in [3.8, 4) is 0 Å². The molecule has 7 nitrogen and oxygen atoms in total. The zero-order valence-corrected chi connectivity index (χ0v) is 16.6. The van der Waals surface area contributed by atoms with Gasteiger partial charge in [-0.25, -0.2) is 4.98 Å². The van der Waals surface area contributed by atoms with Gasteiger partial charge in [-0.05, 0) is 36.8 Å². The number of aryl methyl sites for hydroxylation is 1. The summed E-state index contributed by atoms with van der Waals surface area (Å²) in [5.41, 5.74) is 2.82. The average molecular weight is 416 g/mol. The van der Waals surface area contributed by atoms with Crippen molar-refractivity contribution in [2.24, 2.45) is 0 Å². The van der Waals surface area contributed by atoms with Crippen molar-refractivity contribution in [2.75, 3.05) is 11.9 Å². The predicted octanol–water partition coefficient (Wildman–Crippen LogP) is 3.29. The van der Waals surface area contributed by atoms with Gasteiger partial charge < -0.3 is 16.0 Å². The second kappa shape index (κ2) is 9.29. The van der Waals surface area contributed by atoms with Crippen LogP contribution >= 0.6 is 22.9 Å². The number of benzene rings is 1. The molecule has 3 N–H and O–H groups in total. The molecule has 0 aliphatic carbocycles. The Balaban J connectivity index is 1.50. The number of nitrogens with one attached hydrogen (secondary N) is 3. The Kier molecular flexibility index (Phi) is 6.57. The summed E-state index contributed by atoms with van der Waals surface area (Å²) in [6, 6.07) is 11.0. The molecule has 0 bridgehead atoms. The quantitative estimate of drug-likeness (QED) is 0.550. The van der Waals surface area contributed by atoms with E-state index >= 15 is 0 Å². The smallest absolute Gasteiger partial charge is 0.271 e. The second-order valence-electron chi connectivity index (χ2n) is 5.90. The molecule has 28 heavy (non-hydrogen) atoms. The molecule has 0 radical (unpaired) electrons. The molecule has 0 spiro atoms. The molecule has 9 heteroatoms. The lowest BCUT2D eigenvalue weighted by molar-refractivity contribution is -0.120. The SMILES string of the molecule is Cc1ccc(Cl)cc1Nc1nc(C(=O)NCC(=O)NCc2ccccn2)cs1. The Morgan fingerprint density at radius 1 is 1.18 bits per heavy atom. The van der Waals surface area contributed by atoms with Crippen LogP contribution in [0.3, 0.4) is 0 Å². The number of nitrogens with zero attached hydrogens (tertiary/aromatic N) is 2. The number of carbonyl (C=O) groups is 2. The summed E-state index contributed by atoms with van der Waals surface area (Å²) in [5, 5.41) is 11.2. The first-order chi connectivity index (χ1) is 13.5. The van der Waals surface area contributed by atoms with Crippen molar-refractivity contribution in [3.05, 3.63) is 69.9 Å². The fraction of sp³-hybridized carbons (Fsp3) is 0.158. The highest BCUT2D eigenvalue weighted by Crippen LogP contribution is 2.26. The highest BCUT2D eigenvalue weighted by Gasteiger charge is 2.13. The van der Waals surface area contributed by atoms with Crippen LogP contribution in [-0.2, 0) is 11.3 Å². The average Bonchev–Trinajstić information content (AvgIpc) is 3.17. The lowest BCUT2D eigenvalue weighted by Crippen LogP contribution is -2.36. The van der Waals surface area contributed by atoms with Gasteiger partial charge in [-0.1, -0.05) is 23.7 Å². The van der Waals surface area contributed by atoms with E-state index in [4.69, 9.17) is 11.6 Å². The number of amides is 2. The molecular weight excluding hydrogens is 398 g/mol. The van der Waals surface area contributed by atoms with E-state index in [0.29, 0.717) is 16.7 Å². The first-order valence-electron chi connectivity index (χ1n) is 8.45. The maximum atomic E-state index is 12.2. The summed E-state index contributed by atoms with van der Waals surface area (Å²) in [6.45, 7) is 2.11. The fourth-order valence-electron chi connectivity index (χ4n) is 2.28. The topological polar surface area (TPSA) is 96.0 Å². The minimum atomic E-state index is -0.417. The van der Waals surface area contributed by atoms with E-state index in [2.05, 4.69) is 25.9 Å². The first-order valence-corrected chi connectivity index (χ1v) is 9.70. The second-order valence-corrected chi connectivity index (χ2v) is 7.20. The normalized spacial score (nSPS) is 10.4. The van der Waals surface area contributed by atoms with Gasteiger partial charge in [0.15, 0.2) is 5.13 Å². The third-order valence-corrected chi connectivity index (χ3v) is 4.77. The fourth-order valence-corrected chi connectivity index (χ4v) is 3.16. The molecular formula is C19H18ClN5O2S. The van der Waals surface area contributed by atoms with Gasteiger partial charge in [-0.2, -0.15) is 0 Å². The van der Waals surface area contributed by atoms with E-state index in [1.54, 1.807) is 23.7 Å². The molecule has 0 fully saturated rings. The third-order valence-electron chi connectivity index (χ3n) is 3.78. The van der Waals surface area contributed by atoms with Crippen molar-refractivity contribution in [3.63, 3.8) is 0 Å². The molecule has 2 amide bonds. The van der Waals surface area contributed by atoms with Crippen molar-refractivity contribution < 1.29 is 9.59 Å². The molecule has 0 aliphatic rings. The molecule has 0 aliphatic heterocycles. The summed E-state index contributed by atoms with van der Waals surface area (Å²) in [4.78, 5) is 32.4. The van der Waals surface area contributed by atoms with E-state index in [-0.39, 0.29) is 18.1 Å². The third kappa shape index (κ3) is 5.51. The maximum Gasteiger partial charge on any atom is 0.271 e. The predicted molar refractivity (Wildman–Crippen MR) is 110 cm³/mol. The molecule has 2 heterocycles. The van der Waals surface area contributed by atoms with Gasteiger partial charge in [-0.3, -0.25) is 14.6 Å². The molecule has 0 atom stereocenters. The molecule has 3 rings (SSSR count). The van der Waals surface area contributed by atoms with E-state index in [9.17, 15) is 9.59 Å². The van der Waals surface area contributed by atoms with Gasteiger partial charge in [0.1, 0.15) is 5.69 Å². The van der Waals surface area contributed by atoms with Crippen LogP contribution in [0.2, 0.25) is 5.02 Å². The number of halogens is 1. The van der Waals surface area contributed by atoms with Crippen LogP contribution in [0.15, 0.2) is 48.0 Å². The van der Waals surface area contributed by atoms with Gasteiger partial charge in [0.05, 0.1) is 18.8 Å². The zero-order chi connectivity index (χ0) is 19.9. The minimum absolute atomic E-state index is 0.140. The van der Waals surface area contributed by atoms with E-state index in [1.165, 1.54) is 11.3 Å². The summed E-state index contributed by atoms with van der Waals surface area (Å²) in [5.74, 6) is -0.720. The summed E-state index contributed by atoms with van der Waals surface area (Å²) >= 11 is 7.31. The molecule has 3 aromatic rings. The number of pyridine rings is 1. The van der Waals surface area contributed by atoms with Crippen molar-refractivity contribution >= 4 is 45.6 Å². The van der Waals surface area contributed by atoms with Gasteiger partial charge in [0, 0.05) is 22.3 Å². The Morgan fingerprint density at radius 2 is 2.04 bits per heavy atom. The Bertz CT molecular complexity index is 977. The van der Waals surface area contributed by atoms with Gasteiger partial charge >= 0.3 is 0 Å². The largest absolute Gasteiger partial charge is 0.349 e. The summed E-state index contributed by atoms with van der Waals surface area (Å²) in [6.07, 6.45) is 1.65. The minimum Gasteiger partial charge on any atom is -0.349 e. The van der Waals surface area contributed by atoms with E-state index in [1.807, 2.05) is 31.2 Å². The Labute approximate surface area is 171 Å². The lowest BCUT2D eigenvalue weighted by atomic mass is 10.2. The molecule has 0 unspecified atom stereocenters. The zero-order valence-electron chi connectivity index (χ0n) is 15.0. The number of hydrogen-bond acceptors (Lipinski definition) is 6. The first kappa shape index (κ1) is 19.8. The van der Waals surface area contributed by atoms with Crippen LogP contribution in [0.5, 0.6) is 0 Å².